The second-order valence-electron chi connectivity index (χ2n) is 3.59. The molecule has 0 aromatic heterocycles. The summed E-state index contributed by atoms with van der Waals surface area (Å²) in [6.45, 7) is 0.00371. The number of hydrogen-bond acceptors (Lipinski definition) is 2. The third kappa shape index (κ3) is 2.53. The SMILES string of the molecule is FC(F)(F)C1=N[C@@H](Cc2ccccc2)CO1. The molecule has 1 aromatic rings. The topological polar surface area (TPSA) is 21.6 Å². The maximum Gasteiger partial charge on any atom is 0.468 e. The van der Waals surface area contributed by atoms with Crippen molar-refractivity contribution in [3.8, 4) is 0 Å². The molecule has 5 heteroatoms. The molecule has 16 heavy (non-hydrogen) atoms. The smallest absolute Gasteiger partial charge is 0.468 e. The van der Waals surface area contributed by atoms with Crippen LogP contribution in [0.5, 0.6) is 0 Å². The molecular weight excluding hydrogens is 219 g/mol. The number of benzene rings is 1. The fourth-order valence-electron chi connectivity index (χ4n) is 1.56. The van der Waals surface area contributed by atoms with Crippen LogP contribution in [0.2, 0.25) is 0 Å². The van der Waals surface area contributed by atoms with Gasteiger partial charge in [-0.25, -0.2) is 4.99 Å². The van der Waals surface area contributed by atoms with Gasteiger partial charge < -0.3 is 4.74 Å². The van der Waals surface area contributed by atoms with Crippen LogP contribution in [0.15, 0.2) is 35.3 Å². The molecule has 0 radical (unpaired) electrons. The number of rotatable bonds is 2. The van der Waals surface area contributed by atoms with E-state index in [0.717, 1.165) is 5.56 Å². The molecule has 86 valence electrons. The molecule has 0 bridgehead atoms. The van der Waals surface area contributed by atoms with E-state index in [4.69, 9.17) is 0 Å². The molecule has 1 heterocycles. The van der Waals surface area contributed by atoms with E-state index in [9.17, 15) is 13.2 Å². The number of halogens is 3. The Balaban J connectivity index is 2.02. The summed E-state index contributed by atoms with van der Waals surface area (Å²) in [6.07, 6.45) is -3.99. The molecular formula is C11H10F3NO. The van der Waals surface area contributed by atoms with E-state index >= 15 is 0 Å². The summed E-state index contributed by atoms with van der Waals surface area (Å²) in [4.78, 5) is 3.52. The minimum absolute atomic E-state index is 0.00371. The van der Waals surface area contributed by atoms with Crippen molar-refractivity contribution in [1.82, 2.24) is 0 Å². The normalized spacial score (nSPS) is 20.4. The molecule has 1 aliphatic rings. The van der Waals surface area contributed by atoms with Crippen LogP contribution in [0.1, 0.15) is 5.56 Å². The zero-order chi connectivity index (χ0) is 11.6. The number of ether oxygens (including phenoxy) is 1. The summed E-state index contributed by atoms with van der Waals surface area (Å²) in [6, 6.07) is 8.85. The standard InChI is InChI=1S/C11H10F3NO/c12-11(13,14)10-15-9(7-16-10)6-8-4-2-1-3-5-8/h1-5,9H,6-7H2/t9-/m0/s1. The van der Waals surface area contributed by atoms with E-state index in [1.807, 2.05) is 30.3 Å². The van der Waals surface area contributed by atoms with Gasteiger partial charge in [0.2, 0.25) is 0 Å². The van der Waals surface area contributed by atoms with Gasteiger partial charge >= 0.3 is 6.18 Å². The molecule has 0 N–H and O–H groups in total. The molecule has 2 nitrogen and oxygen atoms in total. The third-order valence-electron chi connectivity index (χ3n) is 2.27. The van der Waals surface area contributed by atoms with Crippen molar-refractivity contribution in [2.75, 3.05) is 6.61 Å². The van der Waals surface area contributed by atoms with Gasteiger partial charge in [0.25, 0.3) is 5.90 Å². The van der Waals surface area contributed by atoms with Crippen LogP contribution in [0.4, 0.5) is 13.2 Å². The quantitative estimate of drug-likeness (QED) is 0.763. The van der Waals surface area contributed by atoms with Gasteiger partial charge in [-0.3, -0.25) is 0 Å². The van der Waals surface area contributed by atoms with Crippen LogP contribution in [-0.4, -0.2) is 24.7 Å². The first-order valence-corrected chi connectivity index (χ1v) is 4.87. The average Bonchev–Trinajstić information content (AvgIpc) is 2.67. The Morgan fingerprint density at radius 3 is 2.50 bits per heavy atom. The largest absolute Gasteiger partial charge is 0.472 e. The van der Waals surface area contributed by atoms with Gasteiger partial charge in [0.15, 0.2) is 0 Å². The van der Waals surface area contributed by atoms with E-state index in [1.165, 1.54) is 0 Å². The maximum absolute atomic E-state index is 12.2. The fraction of sp³-hybridized carbons (Fsp3) is 0.364. The molecule has 0 saturated heterocycles. The average molecular weight is 229 g/mol. The van der Waals surface area contributed by atoms with Gasteiger partial charge in [0.1, 0.15) is 6.61 Å². The lowest BCUT2D eigenvalue weighted by Crippen LogP contribution is -2.22. The van der Waals surface area contributed by atoms with Crippen molar-refractivity contribution >= 4 is 5.90 Å². The van der Waals surface area contributed by atoms with E-state index in [0.29, 0.717) is 6.42 Å². The molecule has 0 spiro atoms. The lowest BCUT2D eigenvalue weighted by atomic mass is 10.1. The number of nitrogens with zero attached hydrogens (tertiary/aromatic N) is 1. The third-order valence-corrected chi connectivity index (χ3v) is 2.27. The van der Waals surface area contributed by atoms with Crippen molar-refractivity contribution in [2.24, 2.45) is 4.99 Å². The van der Waals surface area contributed by atoms with Crippen molar-refractivity contribution in [3.05, 3.63) is 35.9 Å². The van der Waals surface area contributed by atoms with Gasteiger partial charge in [-0.05, 0) is 12.0 Å². The Bertz CT molecular complexity index is 386. The molecule has 0 amide bonds. The van der Waals surface area contributed by atoms with Gasteiger partial charge in [0, 0.05) is 0 Å². The van der Waals surface area contributed by atoms with Crippen LogP contribution in [0.25, 0.3) is 0 Å². The minimum Gasteiger partial charge on any atom is -0.472 e. The molecule has 0 fully saturated rings. The van der Waals surface area contributed by atoms with E-state index in [2.05, 4.69) is 9.73 Å². The number of aliphatic imine (C=N–C) groups is 1. The van der Waals surface area contributed by atoms with Crippen LogP contribution >= 0.6 is 0 Å². The summed E-state index contributed by atoms with van der Waals surface area (Å²) < 4.78 is 41.2. The molecule has 1 atom stereocenters. The highest BCUT2D eigenvalue weighted by Crippen LogP contribution is 2.23. The maximum atomic E-state index is 12.2. The lowest BCUT2D eigenvalue weighted by molar-refractivity contribution is -0.0753. The van der Waals surface area contributed by atoms with Crippen LogP contribution in [-0.2, 0) is 11.2 Å². The van der Waals surface area contributed by atoms with Crippen molar-refractivity contribution < 1.29 is 17.9 Å². The van der Waals surface area contributed by atoms with Crippen molar-refractivity contribution in [3.63, 3.8) is 0 Å². The first kappa shape index (κ1) is 11.0. The highest BCUT2D eigenvalue weighted by Gasteiger charge is 2.41. The van der Waals surface area contributed by atoms with Gasteiger partial charge in [-0.1, -0.05) is 30.3 Å². The summed E-state index contributed by atoms with van der Waals surface area (Å²) in [5.41, 5.74) is 0.961. The van der Waals surface area contributed by atoms with Gasteiger partial charge in [-0.2, -0.15) is 13.2 Å². The summed E-state index contributed by atoms with van der Waals surface area (Å²) in [5.74, 6) is -1.10. The molecule has 1 aliphatic heterocycles. The Labute approximate surface area is 90.8 Å². The van der Waals surface area contributed by atoms with Gasteiger partial charge in [-0.15, -0.1) is 0 Å². The molecule has 0 unspecified atom stereocenters. The van der Waals surface area contributed by atoms with E-state index < -0.39 is 18.1 Å². The predicted molar refractivity (Wildman–Crippen MR) is 53.4 cm³/mol. The summed E-state index contributed by atoms with van der Waals surface area (Å²) in [7, 11) is 0. The van der Waals surface area contributed by atoms with Crippen LogP contribution in [0.3, 0.4) is 0 Å². The van der Waals surface area contributed by atoms with E-state index in [1.54, 1.807) is 0 Å². The minimum atomic E-state index is -4.47. The monoisotopic (exact) mass is 229 g/mol. The summed E-state index contributed by atoms with van der Waals surface area (Å²) in [5, 5.41) is 0. The van der Waals surface area contributed by atoms with E-state index in [-0.39, 0.29) is 6.61 Å². The van der Waals surface area contributed by atoms with Crippen LogP contribution in [0, 0.1) is 0 Å². The molecule has 0 saturated carbocycles. The Kier molecular flexibility index (Phi) is 2.85. The second kappa shape index (κ2) is 4.15. The first-order chi connectivity index (χ1) is 7.55. The van der Waals surface area contributed by atoms with Crippen LogP contribution < -0.4 is 0 Å². The highest BCUT2D eigenvalue weighted by molar-refractivity contribution is 5.83. The summed E-state index contributed by atoms with van der Waals surface area (Å²) >= 11 is 0. The number of hydrogen-bond donors (Lipinski definition) is 0. The zero-order valence-corrected chi connectivity index (χ0v) is 8.37. The number of alkyl halides is 3. The second-order valence-corrected chi connectivity index (χ2v) is 3.59. The van der Waals surface area contributed by atoms with Crippen molar-refractivity contribution in [1.29, 1.82) is 0 Å². The Morgan fingerprint density at radius 1 is 1.25 bits per heavy atom. The Hall–Kier alpha value is -1.52. The predicted octanol–water partition coefficient (Wildman–Crippen LogP) is 2.59. The lowest BCUT2D eigenvalue weighted by Gasteiger charge is -2.04. The zero-order valence-electron chi connectivity index (χ0n) is 8.37. The Morgan fingerprint density at radius 2 is 1.94 bits per heavy atom. The molecule has 0 aliphatic carbocycles. The molecule has 1 aromatic carbocycles. The van der Waals surface area contributed by atoms with Gasteiger partial charge in [0.05, 0.1) is 6.04 Å². The molecule has 2 rings (SSSR count). The van der Waals surface area contributed by atoms with Crippen molar-refractivity contribution in [2.45, 2.75) is 18.6 Å². The first-order valence-electron chi connectivity index (χ1n) is 4.87. The fourth-order valence-corrected chi connectivity index (χ4v) is 1.56. The highest BCUT2D eigenvalue weighted by atomic mass is 19.4.